The lowest BCUT2D eigenvalue weighted by Crippen LogP contribution is -1.92. The first kappa shape index (κ1) is 10.1. The first-order chi connectivity index (χ1) is 7.22. The van der Waals surface area contributed by atoms with Crippen molar-refractivity contribution in [2.75, 3.05) is 7.11 Å². The quantitative estimate of drug-likeness (QED) is 0.798. The van der Waals surface area contributed by atoms with Gasteiger partial charge in [-0.25, -0.2) is 0 Å². The number of rotatable bonds is 3. The molecule has 0 radical (unpaired) electrons. The third-order valence-electron chi connectivity index (χ3n) is 1.95. The fraction of sp³-hybridized carbons (Fsp3) is 0.375. The maximum Gasteiger partial charge on any atom is 0.195 e. The summed E-state index contributed by atoms with van der Waals surface area (Å²) in [6.45, 7) is 0.391. The van der Waals surface area contributed by atoms with Crippen LogP contribution >= 0.6 is 12.2 Å². The van der Waals surface area contributed by atoms with E-state index in [1.165, 1.54) is 0 Å². The molecule has 2 aromatic rings. The van der Waals surface area contributed by atoms with Gasteiger partial charge in [0, 0.05) is 20.2 Å². The summed E-state index contributed by atoms with van der Waals surface area (Å²) >= 11 is 4.99. The predicted octanol–water partition coefficient (Wildman–Crippen LogP) is 1.28. The third-order valence-corrected chi connectivity index (χ3v) is 2.32. The summed E-state index contributed by atoms with van der Waals surface area (Å²) in [6.07, 6.45) is 0. The van der Waals surface area contributed by atoms with Gasteiger partial charge in [-0.05, 0) is 12.2 Å². The number of aromatic nitrogens is 4. The molecule has 0 atom stereocenters. The Morgan fingerprint density at radius 2 is 2.47 bits per heavy atom. The van der Waals surface area contributed by atoms with Crippen molar-refractivity contribution in [3.8, 4) is 11.5 Å². The molecule has 0 amide bonds. The molecule has 80 valence electrons. The second-order valence-electron chi connectivity index (χ2n) is 3.02. The van der Waals surface area contributed by atoms with Crippen molar-refractivity contribution in [3.05, 3.63) is 16.6 Å². The molecule has 0 saturated carbocycles. The van der Waals surface area contributed by atoms with Crippen LogP contribution in [0.4, 0.5) is 0 Å². The predicted molar refractivity (Wildman–Crippen MR) is 54.6 cm³/mol. The van der Waals surface area contributed by atoms with Crippen molar-refractivity contribution in [2.24, 2.45) is 7.05 Å². The van der Waals surface area contributed by atoms with Crippen LogP contribution in [0.15, 0.2) is 10.6 Å². The van der Waals surface area contributed by atoms with Gasteiger partial charge in [0.2, 0.25) is 0 Å². The standard InChI is InChI=1S/C8H10N4O2S/c1-12-7(9-10-8(12)15)6-3-5(4-13-2)14-11-6/h3H,4H2,1-2H3,(H,10,15). The van der Waals surface area contributed by atoms with Crippen LogP contribution in [-0.4, -0.2) is 27.0 Å². The van der Waals surface area contributed by atoms with Gasteiger partial charge in [-0.1, -0.05) is 5.16 Å². The molecule has 0 bridgehead atoms. The van der Waals surface area contributed by atoms with Gasteiger partial charge in [0.1, 0.15) is 6.61 Å². The molecule has 15 heavy (non-hydrogen) atoms. The van der Waals surface area contributed by atoms with E-state index in [1.54, 1.807) is 17.7 Å². The zero-order valence-electron chi connectivity index (χ0n) is 8.35. The van der Waals surface area contributed by atoms with E-state index in [-0.39, 0.29) is 0 Å². The molecule has 0 unspecified atom stereocenters. The highest BCUT2D eigenvalue weighted by Gasteiger charge is 2.11. The minimum Gasteiger partial charge on any atom is -0.377 e. The maximum absolute atomic E-state index is 5.05. The van der Waals surface area contributed by atoms with Gasteiger partial charge < -0.3 is 13.8 Å². The van der Waals surface area contributed by atoms with Gasteiger partial charge in [-0.15, -0.1) is 0 Å². The van der Waals surface area contributed by atoms with E-state index in [0.29, 0.717) is 28.7 Å². The molecule has 2 aromatic heterocycles. The van der Waals surface area contributed by atoms with Crippen molar-refractivity contribution >= 4 is 12.2 Å². The first-order valence-electron chi connectivity index (χ1n) is 4.28. The Hall–Kier alpha value is -1.47. The number of hydrogen-bond donors (Lipinski definition) is 1. The van der Waals surface area contributed by atoms with Crippen molar-refractivity contribution in [2.45, 2.75) is 6.61 Å². The van der Waals surface area contributed by atoms with Gasteiger partial charge in [-0.3, -0.25) is 5.10 Å². The summed E-state index contributed by atoms with van der Waals surface area (Å²) in [7, 11) is 3.41. The molecular formula is C8H10N4O2S. The molecule has 0 aromatic carbocycles. The van der Waals surface area contributed by atoms with E-state index in [0.717, 1.165) is 0 Å². The SMILES string of the molecule is COCc1cc(-c2n[nH]c(=S)n2C)no1. The van der Waals surface area contributed by atoms with E-state index >= 15 is 0 Å². The van der Waals surface area contributed by atoms with Crippen LogP contribution in [0, 0.1) is 4.77 Å². The topological polar surface area (TPSA) is 68.9 Å². The smallest absolute Gasteiger partial charge is 0.195 e. The Bertz CT molecular complexity index is 513. The normalized spacial score (nSPS) is 10.8. The average Bonchev–Trinajstić information content (AvgIpc) is 2.77. The summed E-state index contributed by atoms with van der Waals surface area (Å²) in [5, 5.41) is 10.6. The number of ether oxygens (including phenoxy) is 1. The van der Waals surface area contributed by atoms with E-state index in [1.807, 2.05) is 7.05 Å². The summed E-state index contributed by atoms with van der Waals surface area (Å²) in [5.74, 6) is 1.30. The van der Waals surface area contributed by atoms with Crippen molar-refractivity contribution in [1.29, 1.82) is 0 Å². The van der Waals surface area contributed by atoms with Crippen LogP contribution in [0.2, 0.25) is 0 Å². The van der Waals surface area contributed by atoms with Gasteiger partial charge in [-0.2, -0.15) is 5.10 Å². The zero-order valence-corrected chi connectivity index (χ0v) is 9.17. The molecule has 0 fully saturated rings. The Balaban J connectivity index is 2.37. The zero-order chi connectivity index (χ0) is 10.8. The van der Waals surface area contributed by atoms with Gasteiger partial charge in [0.25, 0.3) is 0 Å². The second kappa shape index (κ2) is 3.95. The molecule has 1 N–H and O–H groups in total. The fourth-order valence-corrected chi connectivity index (χ4v) is 1.34. The third kappa shape index (κ3) is 1.83. The lowest BCUT2D eigenvalue weighted by molar-refractivity contribution is 0.156. The summed E-state index contributed by atoms with van der Waals surface area (Å²) in [4.78, 5) is 0. The Kier molecular flexibility index (Phi) is 2.65. The minimum atomic E-state index is 0.391. The van der Waals surface area contributed by atoms with Crippen molar-refractivity contribution < 1.29 is 9.26 Å². The number of aromatic amines is 1. The largest absolute Gasteiger partial charge is 0.377 e. The summed E-state index contributed by atoms with van der Waals surface area (Å²) in [6, 6.07) is 1.77. The van der Waals surface area contributed by atoms with Gasteiger partial charge in [0.15, 0.2) is 22.0 Å². The van der Waals surface area contributed by atoms with Crippen LogP contribution in [0.5, 0.6) is 0 Å². The van der Waals surface area contributed by atoms with E-state index in [4.69, 9.17) is 21.5 Å². The monoisotopic (exact) mass is 226 g/mol. The number of H-pyrrole nitrogens is 1. The van der Waals surface area contributed by atoms with Crippen LogP contribution in [0.1, 0.15) is 5.76 Å². The van der Waals surface area contributed by atoms with Gasteiger partial charge >= 0.3 is 0 Å². The highest BCUT2D eigenvalue weighted by Crippen LogP contribution is 2.16. The lowest BCUT2D eigenvalue weighted by atomic mass is 10.3. The molecule has 6 nitrogen and oxygen atoms in total. The van der Waals surface area contributed by atoms with Crippen molar-refractivity contribution in [3.63, 3.8) is 0 Å². The molecule has 2 heterocycles. The number of hydrogen-bond acceptors (Lipinski definition) is 5. The molecule has 0 saturated heterocycles. The molecular weight excluding hydrogens is 216 g/mol. The van der Waals surface area contributed by atoms with Crippen LogP contribution in [-0.2, 0) is 18.4 Å². The molecule has 2 rings (SSSR count). The number of nitrogens with one attached hydrogen (secondary N) is 1. The second-order valence-corrected chi connectivity index (χ2v) is 3.41. The summed E-state index contributed by atoms with van der Waals surface area (Å²) in [5.41, 5.74) is 0.636. The first-order valence-corrected chi connectivity index (χ1v) is 4.69. The molecule has 0 spiro atoms. The van der Waals surface area contributed by atoms with Crippen molar-refractivity contribution in [1.82, 2.24) is 19.9 Å². The highest BCUT2D eigenvalue weighted by molar-refractivity contribution is 7.71. The fourth-order valence-electron chi connectivity index (χ4n) is 1.20. The summed E-state index contributed by atoms with van der Waals surface area (Å²) < 4.78 is 12.2. The van der Waals surface area contributed by atoms with E-state index in [9.17, 15) is 0 Å². The molecule has 7 heteroatoms. The molecule has 0 aliphatic rings. The van der Waals surface area contributed by atoms with Crippen LogP contribution in [0.3, 0.4) is 0 Å². The van der Waals surface area contributed by atoms with Crippen LogP contribution < -0.4 is 0 Å². The highest BCUT2D eigenvalue weighted by atomic mass is 32.1. The van der Waals surface area contributed by atoms with E-state index in [2.05, 4.69) is 15.4 Å². The van der Waals surface area contributed by atoms with E-state index < -0.39 is 0 Å². The Morgan fingerprint density at radius 1 is 1.67 bits per heavy atom. The van der Waals surface area contributed by atoms with Crippen LogP contribution in [0.25, 0.3) is 11.5 Å². The lowest BCUT2D eigenvalue weighted by Gasteiger charge is -1.92. The minimum absolute atomic E-state index is 0.391. The average molecular weight is 226 g/mol. The number of nitrogens with zero attached hydrogens (tertiary/aromatic N) is 3. The Labute approximate surface area is 90.8 Å². The molecule has 0 aliphatic heterocycles. The maximum atomic E-state index is 5.05. The number of methoxy groups -OCH3 is 1. The Morgan fingerprint density at radius 3 is 3.07 bits per heavy atom. The molecule has 0 aliphatic carbocycles. The van der Waals surface area contributed by atoms with Gasteiger partial charge in [0.05, 0.1) is 0 Å².